The van der Waals surface area contributed by atoms with Crippen LogP contribution in [0.2, 0.25) is 0 Å². The normalized spacial score (nSPS) is 11.8. The van der Waals surface area contributed by atoms with Crippen molar-refractivity contribution in [3.63, 3.8) is 0 Å². The zero-order chi connectivity index (χ0) is 13.1. The van der Waals surface area contributed by atoms with Crippen molar-refractivity contribution in [3.8, 4) is 0 Å². The van der Waals surface area contributed by atoms with Crippen LogP contribution in [0.5, 0.6) is 0 Å². The van der Waals surface area contributed by atoms with Gasteiger partial charge in [-0.3, -0.25) is 9.48 Å². The number of ketones is 1. The van der Waals surface area contributed by atoms with Crippen molar-refractivity contribution in [1.29, 1.82) is 0 Å². The van der Waals surface area contributed by atoms with Gasteiger partial charge in [-0.2, -0.15) is 5.10 Å². The fourth-order valence-corrected chi connectivity index (χ4v) is 1.94. The molecule has 0 spiro atoms. The number of nitrogens with zero attached hydrogens (tertiary/aromatic N) is 2. The van der Waals surface area contributed by atoms with Crippen molar-refractivity contribution in [3.05, 3.63) is 17.5 Å². The van der Waals surface area contributed by atoms with Gasteiger partial charge in [-0.15, -0.1) is 0 Å². The molecule has 1 aromatic rings. The Morgan fingerprint density at radius 3 is 2.65 bits per heavy atom. The van der Waals surface area contributed by atoms with Crippen molar-refractivity contribution in [2.75, 3.05) is 6.54 Å². The lowest BCUT2D eigenvalue weighted by Crippen LogP contribution is -2.47. The SMILES string of the molecule is CCNC(C)(C)C(=O)Cc1cc(C)nn1CC. The van der Waals surface area contributed by atoms with Gasteiger partial charge in [0.05, 0.1) is 17.7 Å². The molecule has 4 heteroatoms. The molecule has 0 fully saturated rings. The third-order valence-corrected chi connectivity index (χ3v) is 2.94. The molecule has 0 aliphatic rings. The maximum atomic E-state index is 12.2. The third-order valence-electron chi connectivity index (χ3n) is 2.94. The van der Waals surface area contributed by atoms with Crippen LogP contribution in [0.1, 0.15) is 39.1 Å². The Morgan fingerprint density at radius 2 is 2.12 bits per heavy atom. The van der Waals surface area contributed by atoms with E-state index in [1.807, 2.05) is 45.4 Å². The van der Waals surface area contributed by atoms with E-state index in [1.54, 1.807) is 0 Å². The minimum absolute atomic E-state index is 0.203. The van der Waals surface area contributed by atoms with E-state index in [1.165, 1.54) is 0 Å². The Labute approximate surface area is 103 Å². The Kier molecular flexibility index (Phi) is 4.46. The average molecular weight is 237 g/mol. The number of nitrogens with one attached hydrogen (secondary N) is 1. The Morgan fingerprint density at radius 1 is 1.47 bits per heavy atom. The lowest BCUT2D eigenvalue weighted by molar-refractivity contribution is -0.123. The quantitative estimate of drug-likeness (QED) is 0.819. The smallest absolute Gasteiger partial charge is 0.158 e. The van der Waals surface area contributed by atoms with E-state index < -0.39 is 5.54 Å². The predicted molar refractivity (Wildman–Crippen MR) is 69.1 cm³/mol. The summed E-state index contributed by atoms with van der Waals surface area (Å²) >= 11 is 0. The van der Waals surface area contributed by atoms with Crippen molar-refractivity contribution in [1.82, 2.24) is 15.1 Å². The first-order valence-corrected chi connectivity index (χ1v) is 6.22. The molecule has 17 heavy (non-hydrogen) atoms. The molecular formula is C13H23N3O. The van der Waals surface area contributed by atoms with Crippen LogP contribution in [0.3, 0.4) is 0 Å². The maximum Gasteiger partial charge on any atom is 0.158 e. The molecule has 1 N–H and O–H groups in total. The molecule has 1 aromatic heterocycles. The number of carbonyl (C=O) groups excluding carboxylic acids is 1. The molecule has 0 bridgehead atoms. The van der Waals surface area contributed by atoms with E-state index in [0.717, 1.165) is 24.5 Å². The van der Waals surface area contributed by atoms with Crippen molar-refractivity contribution in [2.45, 2.75) is 53.1 Å². The summed E-state index contributed by atoms with van der Waals surface area (Å²) in [6.45, 7) is 11.5. The topological polar surface area (TPSA) is 46.9 Å². The minimum Gasteiger partial charge on any atom is -0.306 e. The Balaban J connectivity index is 2.80. The highest BCUT2D eigenvalue weighted by molar-refractivity contribution is 5.89. The second kappa shape index (κ2) is 5.45. The molecule has 0 amide bonds. The summed E-state index contributed by atoms with van der Waals surface area (Å²) < 4.78 is 1.90. The summed E-state index contributed by atoms with van der Waals surface area (Å²) in [5, 5.41) is 7.56. The number of carbonyl (C=O) groups is 1. The van der Waals surface area contributed by atoms with Crippen LogP contribution >= 0.6 is 0 Å². The standard InChI is InChI=1S/C13H23N3O/c1-6-14-13(4,5)12(17)9-11-8-10(3)15-16(11)7-2/h8,14H,6-7,9H2,1-5H3. The highest BCUT2D eigenvalue weighted by Crippen LogP contribution is 2.11. The fourth-order valence-electron chi connectivity index (χ4n) is 1.94. The Bertz CT molecular complexity index is 393. The van der Waals surface area contributed by atoms with Gasteiger partial charge in [0.25, 0.3) is 0 Å². The molecular weight excluding hydrogens is 214 g/mol. The molecule has 0 radical (unpaired) electrons. The first-order chi connectivity index (χ1) is 7.90. The molecule has 0 aromatic carbocycles. The fraction of sp³-hybridized carbons (Fsp3) is 0.692. The summed E-state index contributed by atoms with van der Waals surface area (Å²) in [5.41, 5.74) is 1.50. The van der Waals surface area contributed by atoms with Gasteiger partial charge in [-0.05, 0) is 40.3 Å². The summed E-state index contributed by atoms with van der Waals surface area (Å²) in [5.74, 6) is 0.203. The van der Waals surface area contributed by atoms with Gasteiger partial charge in [0.2, 0.25) is 0 Å². The van der Waals surface area contributed by atoms with Crippen LogP contribution in [-0.2, 0) is 17.8 Å². The van der Waals surface area contributed by atoms with Crippen LogP contribution in [-0.4, -0.2) is 27.6 Å². The van der Waals surface area contributed by atoms with E-state index in [4.69, 9.17) is 0 Å². The molecule has 1 heterocycles. The van der Waals surface area contributed by atoms with Gasteiger partial charge in [0.1, 0.15) is 0 Å². The third kappa shape index (κ3) is 3.40. The second-order valence-corrected chi connectivity index (χ2v) is 4.85. The molecule has 0 unspecified atom stereocenters. The molecule has 4 nitrogen and oxygen atoms in total. The molecule has 0 atom stereocenters. The summed E-state index contributed by atoms with van der Waals surface area (Å²) in [4.78, 5) is 12.2. The van der Waals surface area contributed by atoms with Gasteiger partial charge < -0.3 is 5.32 Å². The van der Waals surface area contributed by atoms with Gasteiger partial charge in [-0.1, -0.05) is 6.92 Å². The first kappa shape index (κ1) is 13.9. The van der Waals surface area contributed by atoms with Crippen LogP contribution in [0.25, 0.3) is 0 Å². The monoisotopic (exact) mass is 237 g/mol. The summed E-state index contributed by atoms with van der Waals surface area (Å²) in [6, 6.07) is 1.99. The zero-order valence-corrected chi connectivity index (χ0v) is 11.5. The van der Waals surface area contributed by atoms with Gasteiger partial charge in [0, 0.05) is 12.2 Å². The van der Waals surface area contributed by atoms with E-state index in [2.05, 4.69) is 10.4 Å². The van der Waals surface area contributed by atoms with Crippen LogP contribution < -0.4 is 5.32 Å². The van der Waals surface area contributed by atoms with Crippen molar-refractivity contribution < 1.29 is 4.79 Å². The van der Waals surface area contributed by atoms with Crippen LogP contribution in [0.4, 0.5) is 0 Å². The van der Waals surface area contributed by atoms with E-state index in [0.29, 0.717) is 6.42 Å². The van der Waals surface area contributed by atoms with Gasteiger partial charge in [0.15, 0.2) is 5.78 Å². The van der Waals surface area contributed by atoms with E-state index >= 15 is 0 Å². The Hall–Kier alpha value is -1.16. The molecule has 0 aliphatic carbocycles. The molecule has 0 saturated carbocycles. The number of rotatable bonds is 6. The largest absolute Gasteiger partial charge is 0.306 e. The number of likely N-dealkylation sites (N-methyl/N-ethyl adjacent to an activating group) is 1. The summed E-state index contributed by atoms with van der Waals surface area (Å²) in [7, 11) is 0. The lowest BCUT2D eigenvalue weighted by Gasteiger charge is -2.24. The van der Waals surface area contributed by atoms with Crippen molar-refractivity contribution >= 4 is 5.78 Å². The second-order valence-electron chi connectivity index (χ2n) is 4.85. The minimum atomic E-state index is -0.467. The maximum absolute atomic E-state index is 12.2. The lowest BCUT2D eigenvalue weighted by atomic mass is 9.95. The first-order valence-electron chi connectivity index (χ1n) is 6.22. The number of aryl methyl sites for hydroxylation is 2. The average Bonchev–Trinajstić information content (AvgIpc) is 2.58. The number of hydrogen-bond donors (Lipinski definition) is 1. The highest BCUT2D eigenvalue weighted by Gasteiger charge is 2.26. The van der Waals surface area contributed by atoms with E-state index in [-0.39, 0.29) is 5.78 Å². The highest BCUT2D eigenvalue weighted by atomic mass is 16.1. The molecule has 1 rings (SSSR count). The van der Waals surface area contributed by atoms with Crippen molar-refractivity contribution in [2.24, 2.45) is 0 Å². The number of aromatic nitrogens is 2. The predicted octanol–water partition coefficient (Wildman–Crippen LogP) is 1.71. The summed E-state index contributed by atoms with van der Waals surface area (Å²) in [6.07, 6.45) is 0.439. The van der Waals surface area contributed by atoms with Gasteiger partial charge >= 0.3 is 0 Å². The van der Waals surface area contributed by atoms with E-state index in [9.17, 15) is 4.79 Å². The van der Waals surface area contributed by atoms with Gasteiger partial charge in [-0.25, -0.2) is 0 Å². The molecule has 0 aliphatic heterocycles. The van der Waals surface area contributed by atoms with Crippen LogP contribution in [0.15, 0.2) is 6.07 Å². The number of hydrogen-bond acceptors (Lipinski definition) is 3. The zero-order valence-electron chi connectivity index (χ0n) is 11.5. The van der Waals surface area contributed by atoms with Crippen LogP contribution in [0, 0.1) is 6.92 Å². The molecule has 0 saturated heterocycles. The molecule has 96 valence electrons. The number of Topliss-reactive ketones (excluding diaryl/α,β-unsaturated/α-hetero) is 1.